The topological polar surface area (TPSA) is 75.7 Å². The number of ether oxygens (including phenoxy) is 1. The highest BCUT2D eigenvalue weighted by Gasteiger charge is 2.27. The fourth-order valence-corrected chi connectivity index (χ4v) is 5.07. The summed E-state index contributed by atoms with van der Waals surface area (Å²) in [5, 5.41) is 2.98. The number of rotatable bonds is 9. The van der Waals surface area contributed by atoms with Crippen LogP contribution in [0.3, 0.4) is 0 Å². The number of nitrogens with zero attached hydrogens (tertiary/aromatic N) is 1. The molecule has 0 aromatic heterocycles. The molecule has 0 saturated heterocycles. The van der Waals surface area contributed by atoms with E-state index < -0.39 is 15.9 Å². The Balaban J connectivity index is 1.85. The van der Waals surface area contributed by atoms with Crippen molar-refractivity contribution < 1.29 is 17.9 Å². The molecule has 1 amide bonds. The molecule has 1 N–H and O–H groups in total. The first-order chi connectivity index (χ1) is 15.7. The van der Waals surface area contributed by atoms with Crippen LogP contribution in [-0.4, -0.2) is 38.8 Å². The van der Waals surface area contributed by atoms with Gasteiger partial charge in [-0.05, 0) is 67.3 Å². The number of hydrogen-bond donors (Lipinski definition) is 1. The van der Waals surface area contributed by atoms with E-state index in [1.165, 1.54) is 29.6 Å². The number of aryl methyl sites for hydroxylation is 2. The van der Waals surface area contributed by atoms with E-state index in [1.54, 1.807) is 6.07 Å². The number of carbonyl (C=O) groups excluding carboxylic acids is 1. The molecule has 0 unspecified atom stereocenters. The Hall–Kier alpha value is -2.87. The quantitative estimate of drug-likeness (QED) is 0.469. The molecular formula is C25H27ClN2O4S. The molecule has 0 heterocycles. The van der Waals surface area contributed by atoms with E-state index in [-0.39, 0.29) is 23.0 Å². The molecule has 6 nitrogen and oxygen atoms in total. The van der Waals surface area contributed by atoms with Crippen LogP contribution in [0.15, 0.2) is 71.6 Å². The lowest BCUT2D eigenvalue weighted by Crippen LogP contribution is -2.39. The Morgan fingerprint density at radius 1 is 1.00 bits per heavy atom. The Morgan fingerprint density at radius 2 is 1.73 bits per heavy atom. The number of carbonyl (C=O) groups is 1. The van der Waals surface area contributed by atoms with Gasteiger partial charge in [-0.25, -0.2) is 8.42 Å². The predicted octanol–water partition coefficient (Wildman–Crippen LogP) is 4.84. The highest BCUT2D eigenvalue weighted by molar-refractivity contribution is 7.89. The van der Waals surface area contributed by atoms with Crippen LogP contribution in [0.25, 0.3) is 0 Å². The Labute approximate surface area is 200 Å². The molecular weight excluding hydrogens is 460 g/mol. The summed E-state index contributed by atoms with van der Waals surface area (Å²) < 4.78 is 33.2. The summed E-state index contributed by atoms with van der Waals surface area (Å²) in [5.74, 6) is -0.0477. The Kier molecular flexibility index (Phi) is 8.13. The minimum atomic E-state index is -3.99. The van der Waals surface area contributed by atoms with Gasteiger partial charge in [-0.3, -0.25) is 4.79 Å². The molecule has 3 aromatic carbocycles. The molecule has 3 aromatic rings. The lowest BCUT2D eigenvalue weighted by atomic mass is 10.1. The van der Waals surface area contributed by atoms with Crippen LogP contribution >= 0.6 is 11.6 Å². The van der Waals surface area contributed by atoms with Crippen molar-refractivity contribution in [2.24, 2.45) is 0 Å². The van der Waals surface area contributed by atoms with Gasteiger partial charge in [-0.1, -0.05) is 48.0 Å². The lowest BCUT2D eigenvalue weighted by molar-refractivity contribution is -0.116. The molecule has 0 atom stereocenters. The minimum Gasteiger partial charge on any atom is -0.495 e. The Morgan fingerprint density at radius 3 is 2.36 bits per heavy atom. The summed E-state index contributed by atoms with van der Waals surface area (Å²) >= 11 is 6.17. The SMILES string of the molecule is COc1ccc(S(=O)(=O)N(CCc2ccccc2)CC(=O)Nc2ccc(C)c(C)c2)cc1Cl. The van der Waals surface area contributed by atoms with Gasteiger partial charge in [0.2, 0.25) is 15.9 Å². The second kappa shape index (κ2) is 10.8. The maximum absolute atomic E-state index is 13.4. The summed E-state index contributed by atoms with van der Waals surface area (Å²) in [7, 11) is -2.53. The van der Waals surface area contributed by atoms with E-state index in [0.717, 1.165) is 16.7 Å². The summed E-state index contributed by atoms with van der Waals surface area (Å²) in [4.78, 5) is 12.8. The van der Waals surface area contributed by atoms with E-state index in [1.807, 2.05) is 56.3 Å². The van der Waals surface area contributed by atoms with Crippen molar-refractivity contribution >= 4 is 33.2 Å². The molecule has 0 aliphatic rings. The number of halogens is 1. The fraction of sp³-hybridized carbons (Fsp3) is 0.240. The summed E-state index contributed by atoms with van der Waals surface area (Å²) in [6, 6.07) is 19.4. The number of anilines is 1. The molecule has 8 heteroatoms. The first-order valence-electron chi connectivity index (χ1n) is 10.5. The second-order valence-corrected chi connectivity index (χ2v) is 10.1. The molecule has 0 radical (unpaired) electrons. The molecule has 0 fully saturated rings. The number of methoxy groups -OCH3 is 1. The predicted molar refractivity (Wildman–Crippen MR) is 131 cm³/mol. The van der Waals surface area contributed by atoms with Gasteiger partial charge in [0.1, 0.15) is 5.75 Å². The zero-order chi connectivity index (χ0) is 24.0. The van der Waals surface area contributed by atoms with Crippen molar-refractivity contribution in [1.29, 1.82) is 0 Å². The highest BCUT2D eigenvalue weighted by atomic mass is 35.5. The number of sulfonamides is 1. The Bertz CT molecular complexity index is 1230. The molecule has 3 rings (SSSR count). The van der Waals surface area contributed by atoms with Gasteiger partial charge < -0.3 is 10.1 Å². The van der Waals surface area contributed by atoms with Crippen molar-refractivity contribution in [3.8, 4) is 5.75 Å². The van der Waals surface area contributed by atoms with Crippen molar-refractivity contribution in [2.75, 3.05) is 25.5 Å². The second-order valence-electron chi connectivity index (χ2n) is 7.72. The standard InChI is InChI=1S/C25H27ClN2O4S/c1-18-9-10-21(15-19(18)2)27-25(29)17-28(14-13-20-7-5-4-6-8-20)33(30,31)22-11-12-24(32-3)23(26)16-22/h4-12,15-16H,13-14,17H2,1-3H3,(H,27,29). The van der Waals surface area contributed by atoms with E-state index >= 15 is 0 Å². The number of amides is 1. The first-order valence-corrected chi connectivity index (χ1v) is 12.3. The average Bonchev–Trinajstić information content (AvgIpc) is 2.79. The third-order valence-electron chi connectivity index (χ3n) is 5.36. The number of benzene rings is 3. The van der Waals surface area contributed by atoms with Gasteiger partial charge in [0.05, 0.1) is 23.6 Å². The highest BCUT2D eigenvalue weighted by Crippen LogP contribution is 2.28. The van der Waals surface area contributed by atoms with Crippen LogP contribution in [0.1, 0.15) is 16.7 Å². The van der Waals surface area contributed by atoms with E-state index in [9.17, 15) is 13.2 Å². The molecule has 0 saturated carbocycles. The zero-order valence-electron chi connectivity index (χ0n) is 18.8. The van der Waals surface area contributed by atoms with Gasteiger partial charge in [0.25, 0.3) is 0 Å². The normalized spacial score (nSPS) is 11.4. The van der Waals surface area contributed by atoms with E-state index in [0.29, 0.717) is 17.9 Å². The third-order valence-corrected chi connectivity index (χ3v) is 7.50. The fourth-order valence-electron chi connectivity index (χ4n) is 3.32. The largest absolute Gasteiger partial charge is 0.495 e. The number of nitrogens with one attached hydrogen (secondary N) is 1. The summed E-state index contributed by atoms with van der Waals surface area (Å²) in [6.45, 7) is 3.75. The number of hydrogen-bond acceptors (Lipinski definition) is 4. The maximum Gasteiger partial charge on any atom is 0.243 e. The van der Waals surface area contributed by atoms with Crippen molar-refractivity contribution in [3.63, 3.8) is 0 Å². The maximum atomic E-state index is 13.4. The van der Waals surface area contributed by atoms with E-state index in [4.69, 9.17) is 16.3 Å². The first kappa shape index (κ1) is 24.8. The molecule has 0 aliphatic heterocycles. The van der Waals surface area contributed by atoms with Crippen LogP contribution in [0.5, 0.6) is 5.75 Å². The van der Waals surface area contributed by atoms with Crippen LogP contribution in [0.2, 0.25) is 5.02 Å². The zero-order valence-corrected chi connectivity index (χ0v) is 20.4. The molecule has 0 aliphatic carbocycles. The third kappa shape index (κ3) is 6.35. The van der Waals surface area contributed by atoms with Gasteiger partial charge in [0.15, 0.2) is 0 Å². The van der Waals surface area contributed by atoms with Gasteiger partial charge >= 0.3 is 0 Å². The molecule has 33 heavy (non-hydrogen) atoms. The van der Waals surface area contributed by atoms with Gasteiger partial charge in [0, 0.05) is 12.2 Å². The van der Waals surface area contributed by atoms with Crippen LogP contribution in [0, 0.1) is 13.8 Å². The monoisotopic (exact) mass is 486 g/mol. The van der Waals surface area contributed by atoms with Gasteiger partial charge in [-0.2, -0.15) is 4.31 Å². The smallest absolute Gasteiger partial charge is 0.243 e. The van der Waals surface area contributed by atoms with Crippen LogP contribution in [0.4, 0.5) is 5.69 Å². The molecule has 0 bridgehead atoms. The molecule has 0 spiro atoms. The summed E-state index contributed by atoms with van der Waals surface area (Å²) in [5.41, 5.74) is 3.74. The average molecular weight is 487 g/mol. The van der Waals surface area contributed by atoms with Gasteiger partial charge in [-0.15, -0.1) is 0 Å². The minimum absolute atomic E-state index is 0.000317. The summed E-state index contributed by atoms with van der Waals surface area (Å²) in [6.07, 6.45) is 0.459. The lowest BCUT2D eigenvalue weighted by Gasteiger charge is -2.22. The van der Waals surface area contributed by atoms with Crippen molar-refractivity contribution in [3.05, 3.63) is 88.4 Å². The van der Waals surface area contributed by atoms with E-state index in [2.05, 4.69) is 5.32 Å². The van der Waals surface area contributed by atoms with Crippen LogP contribution < -0.4 is 10.1 Å². The van der Waals surface area contributed by atoms with Crippen molar-refractivity contribution in [2.45, 2.75) is 25.2 Å². The van der Waals surface area contributed by atoms with Crippen molar-refractivity contribution in [1.82, 2.24) is 4.31 Å². The molecule has 174 valence electrons. The van der Waals surface area contributed by atoms with Crippen LogP contribution in [-0.2, 0) is 21.2 Å².